The highest BCUT2D eigenvalue weighted by Gasteiger charge is 2.29. The lowest BCUT2D eigenvalue weighted by Crippen LogP contribution is -2.46. The summed E-state index contributed by atoms with van der Waals surface area (Å²) in [5.74, 6) is 0.281. The van der Waals surface area contributed by atoms with Crippen molar-refractivity contribution in [3.05, 3.63) is 28.2 Å². The molecule has 0 aromatic heterocycles. The van der Waals surface area contributed by atoms with Crippen LogP contribution in [0.15, 0.2) is 22.7 Å². The molecule has 19 heavy (non-hydrogen) atoms. The van der Waals surface area contributed by atoms with Crippen molar-refractivity contribution < 1.29 is 9.90 Å². The molecule has 2 N–H and O–H groups in total. The Bertz CT molecular complexity index is 479. The number of halogens is 1. The number of rotatable bonds is 2. The molecule has 4 nitrogen and oxygen atoms in total. The van der Waals surface area contributed by atoms with Gasteiger partial charge >= 0.3 is 0 Å². The Morgan fingerprint density at radius 3 is 2.89 bits per heavy atom. The van der Waals surface area contributed by atoms with Crippen LogP contribution in [0.4, 0.5) is 5.69 Å². The van der Waals surface area contributed by atoms with E-state index in [0.717, 1.165) is 22.3 Å². The number of benzene rings is 1. The van der Waals surface area contributed by atoms with Crippen molar-refractivity contribution in [1.82, 2.24) is 5.32 Å². The van der Waals surface area contributed by atoms with Gasteiger partial charge in [-0.15, -0.1) is 0 Å². The molecule has 5 heteroatoms. The minimum Gasteiger partial charge on any atom is -0.394 e. The van der Waals surface area contributed by atoms with Crippen LogP contribution in [0.1, 0.15) is 12.5 Å². The number of aryl methyl sites for hydroxylation is 1. The molecular formula is C14H19BrN2O2. The smallest absolute Gasteiger partial charge is 0.246 e. The molecule has 0 saturated carbocycles. The van der Waals surface area contributed by atoms with Gasteiger partial charge in [0.1, 0.15) is 6.04 Å². The lowest BCUT2D eigenvalue weighted by atomic mass is 10.1. The lowest BCUT2D eigenvalue weighted by molar-refractivity contribution is -0.121. The summed E-state index contributed by atoms with van der Waals surface area (Å²) in [6, 6.07) is 5.39. The SMILES string of the molecule is Cc1ccc(N2CC(C)CNC(CO)C2=O)cc1Br. The predicted octanol–water partition coefficient (Wildman–Crippen LogP) is 1.69. The van der Waals surface area contributed by atoms with Crippen LogP contribution >= 0.6 is 15.9 Å². The zero-order chi connectivity index (χ0) is 14.0. The van der Waals surface area contributed by atoms with Gasteiger partial charge in [0.25, 0.3) is 0 Å². The third-order valence-electron chi connectivity index (χ3n) is 3.42. The van der Waals surface area contributed by atoms with Crippen molar-refractivity contribution >= 4 is 27.5 Å². The number of hydrogen-bond acceptors (Lipinski definition) is 3. The summed E-state index contributed by atoms with van der Waals surface area (Å²) in [7, 11) is 0. The van der Waals surface area contributed by atoms with Gasteiger partial charge in [0.05, 0.1) is 6.61 Å². The van der Waals surface area contributed by atoms with Crippen LogP contribution in [0.2, 0.25) is 0 Å². The maximum atomic E-state index is 12.4. The van der Waals surface area contributed by atoms with Crippen LogP contribution in [-0.4, -0.2) is 36.8 Å². The molecule has 1 aliphatic heterocycles. The van der Waals surface area contributed by atoms with Gasteiger partial charge in [-0.05, 0) is 30.5 Å². The van der Waals surface area contributed by atoms with Gasteiger partial charge in [0, 0.05) is 23.2 Å². The molecule has 1 amide bonds. The minimum atomic E-state index is -0.509. The molecule has 1 saturated heterocycles. The molecule has 2 unspecified atom stereocenters. The second kappa shape index (κ2) is 6.03. The Morgan fingerprint density at radius 1 is 1.53 bits per heavy atom. The average molecular weight is 327 g/mol. The monoisotopic (exact) mass is 326 g/mol. The van der Waals surface area contributed by atoms with Crippen molar-refractivity contribution in [2.75, 3.05) is 24.6 Å². The highest BCUT2D eigenvalue weighted by Crippen LogP contribution is 2.25. The van der Waals surface area contributed by atoms with E-state index in [1.165, 1.54) is 0 Å². The molecular weight excluding hydrogens is 308 g/mol. The summed E-state index contributed by atoms with van der Waals surface area (Å²) in [6.45, 7) is 5.34. The van der Waals surface area contributed by atoms with E-state index in [0.29, 0.717) is 12.5 Å². The molecule has 0 spiro atoms. The van der Waals surface area contributed by atoms with Gasteiger partial charge < -0.3 is 15.3 Å². The van der Waals surface area contributed by atoms with E-state index in [2.05, 4.69) is 28.2 Å². The molecule has 2 rings (SSSR count). The summed E-state index contributed by atoms with van der Waals surface area (Å²) in [5, 5.41) is 12.4. The quantitative estimate of drug-likeness (QED) is 0.869. The van der Waals surface area contributed by atoms with Crippen LogP contribution in [0.5, 0.6) is 0 Å². The van der Waals surface area contributed by atoms with E-state index in [9.17, 15) is 9.90 Å². The normalized spacial score (nSPS) is 24.4. The first kappa shape index (κ1) is 14.5. The number of nitrogens with zero attached hydrogens (tertiary/aromatic N) is 1. The maximum absolute atomic E-state index is 12.4. The number of aliphatic hydroxyl groups excluding tert-OH is 1. The van der Waals surface area contributed by atoms with Gasteiger partial charge in [-0.2, -0.15) is 0 Å². The van der Waals surface area contributed by atoms with Crippen LogP contribution in [-0.2, 0) is 4.79 Å². The van der Waals surface area contributed by atoms with Crippen molar-refractivity contribution in [2.24, 2.45) is 5.92 Å². The number of anilines is 1. The summed E-state index contributed by atoms with van der Waals surface area (Å²) in [6.07, 6.45) is 0. The van der Waals surface area contributed by atoms with E-state index >= 15 is 0 Å². The first-order chi connectivity index (χ1) is 9.02. The van der Waals surface area contributed by atoms with Crippen molar-refractivity contribution in [3.63, 3.8) is 0 Å². The van der Waals surface area contributed by atoms with Crippen molar-refractivity contribution in [3.8, 4) is 0 Å². The number of amides is 1. The number of nitrogens with one attached hydrogen (secondary N) is 1. The van der Waals surface area contributed by atoms with Crippen LogP contribution in [0.3, 0.4) is 0 Å². The van der Waals surface area contributed by atoms with Gasteiger partial charge in [0.2, 0.25) is 5.91 Å². The van der Waals surface area contributed by atoms with E-state index in [-0.39, 0.29) is 12.5 Å². The average Bonchev–Trinajstić information content (AvgIpc) is 2.53. The summed E-state index contributed by atoms with van der Waals surface area (Å²) in [4.78, 5) is 14.2. The topological polar surface area (TPSA) is 52.6 Å². The molecule has 0 radical (unpaired) electrons. The second-order valence-corrected chi connectivity index (χ2v) is 5.99. The molecule has 1 heterocycles. The fourth-order valence-electron chi connectivity index (χ4n) is 2.21. The number of aliphatic hydroxyl groups is 1. The predicted molar refractivity (Wildman–Crippen MR) is 79.3 cm³/mol. The third kappa shape index (κ3) is 3.16. The zero-order valence-corrected chi connectivity index (χ0v) is 12.8. The first-order valence-corrected chi connectivity index (χ1v) is 7.24. The Morgan fingerprint density at radius 2 is 2.26 bits per heavy atom. The summed E-state index contributed by atoms with van der Waals surface area (Å²) in [5.41, 5.74) is 2.01. The fourth-order valence-corrected chi connectivity index (χ4v) is 2.58. The van der Waals surface area contributed by atoms with Gasteiger partial charge in [-0.3, -0.25) is 4.79 Å². The van der Waals surface area contributed by atoms with Gasteiger partial charge in [0.15, 0.2) is 0 Å². The number of hydrogen-bond donors (Lipinski definition) is 2. The zero-order valence-electron chi connectivity index (χ0n) is 11.2. The van der Waals surface area contributed by atoms with Crippen molar-refractivity contribution in [1.29, 1.82) is 0 Å². The van der Waals surface area contributed by atoms with Crippen LogP contribution in [0.25, 0.3) is 0 Å². The Labute approximate surface area is 121 Å². The summed E-state index contributed by atoms with van der Waals surface area (Å²) < 4.78 is 0.989. The van der Waals surface area contributed by atoms with E-state index in [4.69, 9.17) is 0 Å². The third-order valence-corrected chi connectivity index (χ3v) is 4.28. The molecule has 0 aliphatic carbocycles. The molecule has 104 valence electrons. The van der Waals surface area contributed by atoms with E-state index < -0.39 is 6.04 Å². The molecule has 1 aliphatic rings. The summed E-state index contributed by atoms with van der Waals surface area (Å²) >= 11 is 3.50. The van der Waals surface area contributed by atoms with Gasteiger partial charge in [-0.25, -0.2) is 0 Å². The fraction of sp³-hybridized carbons (Fsp3) is 0.500. The lowest BCUT2D eigenvalue weighted by Gasteiger charge is -2.25. The molecule has 1 aromatic carbocycles. The standard InChI is InChI=1S/C14H19BrN2O2/c1-9-6-16-13(8-18)14(19)17(7-9)11-4-3-10(2)12(15)5-11/h3-5,9,13,16,18H,6-8H2,1-2H3. The molecule has 0 bridgehead atoms. The molecule has 1 fully saturated rings. The molecule has 2 atom stereocenters. The second-order valence-electron chi connectivity index (χ2n) is 5.13. The Kier molecular flexibility index (Phi) is 4.60. The van der Waals surface area contributed by atoms with Crippen LogP contribution < -0.4 is 10.2 Å². The largest absolute Gasteiger partial charge is 0.394 e. The van der Waals surface area contributed by atoms with E-state index in [1.54, 1.807) is 4.90 Å². The maximum Gasteiger partial charge on any atom is 0.246 e. The highest BCUT2D eigenvalue weighted by molar-refractivity contribution is 9.10. The van der Waals surface area contributed by atoms with Crippen molar-refractivity contribution in [2.45, 2.75) is 19.9 Å². The Hall–Kier alpha value is -0.910. The van der Waals surface area contributed by atoms with Gasteiger partial charge in [-0.1, -0.05) is 28.9 Å². The number of carbonyl (C=O) groups is 1. The first-order valence-electron chi connectivity index (χ1n) is 6.44. The van der Waals surface area contributed by atoms with Crippen LogP contribution in [0, 0.1) is 12.8 Å². The number of carbonyl (C=O) groups excluding carboxylic acids is 1. The minimum absolute atomic E-state index is 0.0670. The Balaban J connectivity index is 2.33. The van der Waals surface area contributed by atoms with E-state index in [1.807, 2.05) is 25.1 Å². The highest BCUT2D eigenvalue weighted by atomic mass is 79.9. The molecule has 1 aromatic rings.